The Morgan fingerprint density at radius 1 is 1.36 bits per heavy atom. The van der Waals surface area contributed by atoms with Gasteiger partial charge >= 0.3 is 6.18 Å². The van der Waals surface area contributed by atoms with Crippen molar-refractivity contribution in [2.45, 2.75) is 32.0 Å². The van der Waals surface area contributed by atoms with E-state index in [1.165, 1.54) is 0 Å². The zero-order valence-corrected chi connectivity index (χ0v) is 14.4. The summed E-state index contributed by atoms with van der Waals surface area (Å²) in [6.45, 7) is 0.876. The van der Waals surface area contributed by atoms with Crippen LogP contribution >= 0.6 is 11.6 Å². The van der Waals surface area contributed by atoms with Crippen molar-refractivity contribution in [1.82, 2.24) is 10.2 Å². The number of hydrogen-bond donors (Lipinski definition) is 2. The van der Waals surface area contributed by atoms with Gasteiger partial charge in [0.2, 0.25) is 11.8 Å². The van der Waals surface area contributed by atoms with E-state index in [9.17, 15) is 22.8 Å². The highest BCUT2D eigenvalue weighted by Crippen LogP contribution is 2.23. The highest BCUT2D eigenvalue weighted by Gasteiger charge is 2.34. The van der Waals surface area contributed by atoms with Crippen molar-refractivity contribution in [2.75, 3.05) is 25.0 Å². The molecule has 0 spiro atoms. The average molecular weight is 378 g/mol. The lowest BCUT2D eigenvalue weighted by molar-refractivity contribution is -0.141. The third kappa shape index (κ3) is 5.89. The van der Waals surface area contributed by atoms with Crippen LogP contribution in [0.25, 0.3) is 0 Å². The van der Waals surface area contributed by atoms with E-state index in [1.54, 1.807) is 23.1 Å². The van der Waals surface area contributed by atoms with Gasteiger partial charge in [-0.1, -0.05) is 17.7 Å². The third-order valence-corrected chi connectivity index (χ3v) is 4.19. The van der Waals surface area contributed by atoms with Gasteiger partial charge in [-0.05, 0) is 44.0 Å². The second-order valence-electron chi connectivity index (χ2n) is 5.99. The molecule has 2 amide bonds. The second-order valence-corrected chi connectivity index (χ2v) is 6.40. The minimum absolute atomic E-state index is 0.0890. The normalized spacial score (nSPS) is 18.2. The number of alkyl halides is 3. The zero-order chi connectivity index (χ0) is 18.6. The molecule has 1 aromatic rings. The molecule has 2 rings (SSSR count). The number of aryl methyl sites for hydroxylation is 1. The van der Waals surface area contributed by atoms with E-state index in [1.807, 2.05) is 12.2 Å². The average Bonchev–Trinajstić information content (AvgIpc) is 2.95. The largest absolute Gasteiger partial charge is 0.405 e. The van der Waals surface area contributed by atoms with E-state index in [2.05, 4.69) is 5.32 Å². The van der Waals surface area contributed by atoms with Gasteiger partial charge in [0, 0.05) is 0 Å². The van der Waals surface area contributed by atoms with E-state index in [0.29, 0.717) is 30.1 Å². The molecule has 1 aliphatic rings. The van der Waals surface area contributed by atoms with E-state index in [0.717, 1.165) is 5.56 Å². The summed E-state index contributed by atoms with van der Waals surface area (Å²) in [5.74, 6) is -1.09. The summed E-state index contributed by atoms with van der Waals surface area (Å²) in [6.07, 6.45) is -3.40. The lowest BCUT2D eigenvalue weighted by atomic mass is 10.2. The number of nitrogens with one attached hydrogen (secondary N) is 2. The van der Waals surface area contributed by atoms with Gasteiger partial charge in [-0.3, -0.25) is 14.5 Å². The monoisotopic (exact) mass is 377 g/mol. The number of halogens is 4. The van der Waals surface area contributed by atoms with Gasteiger partial charge in [-0.25, -0.2) is 0 Å². The maximum Gasteiger partial charge on any atom is 0.405 e. The van der Waals surface area contributed by atoms with Gasteiger partial charge < -0.3 is 10.6 Å². The molecule has 1 aliphatic heterocycles. The maximum absolute atomic E-state index is 12.2. The Kier molecular flexibility index (Phi) is 6.29. The molecular formula is C16H19ClF3N3O2. The Balaban J connectivity index is 1.91. The third-order valence-electron chi connectivity index (χ3n) is 3.87. The Morgan fingerprint density at radius 3 is 2.72 bits per heavy atom. The SMILES string of the molecule is Cc1ccc(NC(=O)CN2CCC[C@@H]2C(=O)NCC(F)(F)F)c(Cl)c1. The Morgan fingerprint density at radius 2 is 2.08 bits per heavy atom. The van der Waals surface area contributed by atoms with Crippen molar-refractivity contribution >= 4 is 29.1 Å². The van der Waals surface area contributed by atoms with Gasteiger partial charge in [0.1, 0.15) is 6.54 Å². The molecule has 0 saturated carbocycles. The van der Waals surface area contributed by atoms with Gasteiger partial charge in [-0.15, -0.1) is 0 Å². The number of rotatable bonds is 5. The number of likely N-dealkylation sites (tertiary alicyclic amines) is 1. The van der Waals surface area contributed by atoms with E-state index in [4.69, 9.17) is 11.6 Å². The highest BCUT2D eigenvalue weighted by molar-refractivity contribution is 6.33. The van der Waals surface area contributed by atoms with Crippen LogP contribution in [0.2, 0.25) is 5.02 Å². The van der Waals surface area contributed by atoms with Crippen LogP contribution in [-0.4, -0.2) is 48.6 Å². The number of amides is 2. The van der Waals surface area contributed by atoms with Crippen LogP contribution in [-0.2, 0) is 9.59 Å². The number of hydrogen-bond acceptors (Lipinski definition) is 3. The molecule has 0 bridgehead atoms. The van der Waals surface area contributed by atoms with Crippen LogP contribution in [0.15, 0.2) is 18.2 Å². The first-order valence-corrected chi connectivity index (χ1v) is 8.18. The van der Waals surface area contributed by atoms with Crippen LogP contribution in [0.1, 0.15) is 18.4 Å². The Bertz CT molecular complexity index is 652. The molecule has 1 atom stereocenters. The van der Waals surface area contributed by atoms with Gasteiger partial charge in [-0.2, -0.15) is 13.2 Å². The van der Waals surface area contributed by atoms with Gasteiger partial charge in [0.25, 0.3) is 0 Å². The minimum atomic E-state index is -4.46. The molecule has 0 radical (unpaired) electrons. The molecule has 5 nitrogen and oxygen atoms in total. The summed E-state index contributed by atoms with van der Waals surface area (Å²) < 4.78 is 36.6. The van der Waals surface area contributed by atoms with Gasteiger partial charge in [0.05, 0.1) is 23.3 Å². The lowest BCUT2D eigenvalue weighted by Gasteiger charge is -2.23. The second kappa shape index (κ2) is 8.05. The first-order chi connectivity index (χ1) is 11.7. The van der Waals surface area contributed by atoms with E-state index >= 15 is 0 Å². The molecule has 9 heteroatoms. The molecule has 138 valence electrons. The van der Waals surface area contributed by atoms with Crippen LogP contribution < -0.4 is 10.6 Å². The smallest absolute Gasteiger partial charge is 0.346 e. The van der Waals surface area contributed by atoms with Crippen LogP contribution in [0.3, 0.4) is 0 Å². The maximum atomic E-state index is 12.2. The van der Waals surface area contributed by atoms with Crippen molar-refractivity contribution in [3.8, 4) is 0 Å². The minimum Gasteiger partial charge on any atom is -0.346 e. The molecule has 0 unspecified atom stereocenters. The summed E-state index contributed by atoms with van der Waals surface area (Å²) in [7, 11) is 0. The summed E-state index contributed by atoms with van der Waals surface area (Å²) in [6, 6.07) is 4.44. The molecule has 0 aliphatic carbocycles. The quantitative estimate of drug-likeness (QED) is 0.829. The van der Waals surface area contributed by atoms with E-state index in [-0.39, 0.29) is 12.5 Å². The highest BCUT2D eigenvalue weighted by atomic mass is 35.5. The fraction of sp³-hybridized carbons (Fsp3) is 0.500. The predicted molar refractivity (Wildman–Crippen MR) is 88.5 cm³/mol. The summed E-state index contributed by atoms with van der Waals surface area (Å²) in [5.41, 5.74) is 1.40. The molecule has 1 saturated heterocycles. The number of carbonyl (C=O) groups is 2. The summed E-state index contributed by atoms with van der Waals surface area (Å²) in [4.78, 5) is 25.7. The van der Waals surface area contributed by atoms with Crippen molar-refractivity contribution < 1.29 is 22.8 Å². The van der Waals surface area contributed by atoms with Crippen molar-refractivity contribution in [3.05, 3.63) is 28.8 Å². The van der Waals surface area contributed by atoms with Crippen molar-refractivity contribution in [2.24, 2.45) is 0 Å². The van der Waals surface area contributed by atoms with Crippen LogP contribution in [0.4, 0.5) is 18.9 Å². The molecule has 1 fully saturated rings. The number of carbonyl (C=O) groups excluding carboxylic acids is 2. The Hall–Kier alpha value is -1.80. The summed E-state index contributed by atoms with van der Waals surface area (Å²) in [5, 5.41) is 4.93. The fourth-order valence-corrected chi connectivity index (χ4v) is 3.00. The van der Waals surface area contributed by atoms with Gasteiger partial charge in [0.15, 0.2) is 0 Å². The number of anilines is 1. The molecule has 0 aromatic heterocycles. The Labute approximate surface area is 148 Å². The molecule has 1 heterocycles. The zero-order valence-electron chi connectivity index (χ0n) is 13.6. The van der Waals surface area contributed by atoms with Crippen molar-refractivity contribution in [3.63, 3.8) is 0 Å². The topological polar surface area (TPSA) is 61.4 Å². The number of nitrogens with zero attached hydrogens (tertiary/aromatic N) is 1. The lowest BCUT2D eigenvalue weighted by Crippen LogP contribution is -2.47. The van der Waals surface area contributed by atoms with Crippen LogP contribution in [0.5, 0.6) is 0 Å². The summed E-state index contributed by atoms with van der Waals surface area (Å²) >= 11 is 6.05. The molecular weight excluding hydrogens is 359 g/mol. The molecule has 25 heavy (non-hydrogen) atoms. The molecule has 2 N–H and O–H groups in total. The molecule has 1 aromatic carbocycles. The van der Waals surface area contributed by atoms with Crippen LogP contribution in [0, 0.1) is 6.92 Å². The van der Waals surface area contributed by atoms with E-state index < -0.39 is 24.7 Å². The van der Waals surface area contributed by atoms with Crippen molar-refractivity contribution in [1.29, 1.82) is 0 Å². The standard InChI is InChI=1S/C16H19ClF3N3O2/c1-10-4-5-12(11(17)7-10)22-14(24)8-23-6-2-3-13(23)15(25)21-9-16(18,19)20/h4-5,7,13H,2-3,6,8-9H2,1H3,(H,21,25)(H,22,24)/t13-/m1/s1. The first-order valence-electron chi connectivity index (χ1n) is 7.80. The fourth-order valence-electron chi connectivity index (χ4n) is 2.71. The first kappa shape index (κ1) is 19.5. The predicted octanol–water partition coefficient (Wildman–Crippen LogP) is 2.73. The number of benzene rings is 1.